The SMILES string of the molecule is CCCC(=O)N(C)C1CCN(CC(C)C)CC1. The predicted molar refractivity (Wildman–Crippen MR) is 72.0 cm³/mol. The van der Waals surface area contributed by atoms with E-state index >= 15 is 0 Å². The number of carbonyl (C=O) groups excluding carboxylic acids is 1. The summed E-state index contributed by atoms with van der Waals surface area (Å²) < 4.78 is 0. The van der Waals surface area contributed by atoms with Gasteiger partial charge in [-0.2, -0.15) is 0 Å². The Kier molecular flexibility index (Phi) is 5.96. The van der Waals surface area contributed by atoms with Crippen molar-refractivity contribution in [3.05, 3.63) is 0 Å². The van der Waals surface area contributed by atoms with E-state index in [-0.39, 0.29) is 0 Å². The van der Waals surface area contributed by atoms with E-state index in [4.69, 9.17) is 0 Å². The average molecular weight is 240 g/mol. The summed E-state index contributed by atoms with van der Waals surface area (Å²) in [6.07, 6.45) is 3.93. The van der Waals surface area contributed by atoms with Crippen LogP contribution < -0.4 is 0 Å². The van der Waals surface area contributed by atoms with Crippen LogP contribution in [-0.4, -0.2) is 48.4 Å². The standard InChI is InChI=1S/C14H28N2O/c1-5-6-14(17)15(4)13-7-9-16(10-8-13)11-12(2)3/h12-13H,5-11H2,1-4H3. The van der Waals surface area contributed by atoms with Gasteiger partial charge in [0.1, 0.15) is 0 Å². The first-order chi connectivity index (χ1) is 8.04. The lowest BCUT2D eigenvalue weighted by atomic mass is 10.0. The van der Waals surface area contributed by atoms with Gasteiger partial charge in [-0.15, -0.1) is 0 Å². The summed E-state index contributed by atoms with van der Waals surface area (Å²) >= 11 is 0. The van der Waals surface area contributed by atoms with Crippen LogP contribution in [0.4, 0.5) is 0 Å². The minimum absolute atomic E-state index is 0.315. The topological polar surface area (TPSA) is 23.6 Å². The molecule has 0 atom stereocenters. The van der Waals surface area contributed by atoms with Crippen molar-refractivity contribution in [1.29, 1.82) is 0 Å². The van der Waals surface area contributed by atoms with Gasteiger partial charge < -0.3 is 9.80 Å². The Morgan fingerprint density at radius 3 is 2.41 bits per heavy atom. The van der Waals surface area contributed by atoms with Crippen LogP contribution in [0.15, 0.2) is 0 Å². The van der Waals surface area contributed by atoms with E-state index in [1.165, 1.54) is 6.54 Å². The normalized spacial score (nSPS) is 18.6. The Hall–Kier alpha value is -0.570. The molecule has 3 heteroatoms. The molecule has 0 saturated carbocycles. The summed E-state index contributed by atoms with van der Waals surface area (Å²) in [5.74, 6) is 1.06. The van der Waals surface area contributed by atoms with Crippen LogP contribution in [0, 0.1) is 5.92 Å². The van der Waals surface area contributed by atoms with E-state index in [9.17, 15) is 4.79 Å². The first kappa shape index (κ1) is 14.5. The first-order valence-electron chi connectivity index (χ1n) is 7.02. The number of nitrogens with zero attached hydrogens (tertiary/aromatic N) is 2. The van der Waals surface area contributed by atoms with E-state index in [1.807, 2.05) is 11.9 Å². The third kappa shape index (κ3) is 4.66. The molecule has 0 aromatic rings. The molecule has 0 aromatic heterocycles. The number of hydrogen-bond donors (Lipinski definition) is 0. The smallest absolute Gasteiger partial charge is 0.222 e. The highest BCUT2D eigenvalue weighted by atomic mass is 16.2. The Balaban J connectivity index is 2.33. The molecule has 1 amide bonds. The second-order valence-electron chi connectivity index (χ2n) is 5.68. The van der Waals surface area contributed by atoms with Crippen molar-refractivity contribution < 1.29 is 4.79 Å². The Bertz CT molecular complexity index is 232. The summed E-state index contributed by atoms with van der Waals surface area (Å²) in [6.45, 7) is 10.1. The molecule has 0 aliphatic carbocycles. The summed E-state index contributed by atoms with van der Waals surface area (Å²) in [7, 11) is 1.97. The number of likely N-dealkylation sites (tertiary alicyclic amines) is 1. The van der Waals surface area contributed by atoms with Crippen molar-refractivity contribution in [2.24, 2.45) is 5.92 Å². The van der Waals surface area contributed by atoms with Crippen LogP contribution in [0.2, 0.25) is 0 Å². The van der Waals surface area contributed by atoms with Crippen molar-refractivity contribution in [1.82, 2.24) is 9.80 Å². The molecule has 0 unspecified atom stereocenters. The zero-order valence-electron chi connectivity index (χ0n) is 11.9. The van der Waals surface area contributed by atoms with E-state index < -0.39 is 0 Å². The fraction of sp³-hybridized carbons (Fsp3) is 0.929. The number of rotatable bonds is 5. The third-order valence-electron chi connectivity index (χ3n) is 3.59. The fourth-order valence-electron chi connectivity index (χ4n) is 2.60. The molecule has 0 aromatic carbocycles. The molecule has 0 spiro atoms. The molecule has 1 saturated heterocycles. The van der Waals surface area contributed by atoms with Gasteiger partial charge in [0.25, 0.3) is 0 Å². The number of piperidine rings is 1. The summed E-state index contributed by atoms with van der Waals surface area (Å²) in [5, 5.41) is 0. The van der Waals surface area contributed by atoms with Crippen molar-refractivity contribution in [3.63, 3.8) is 0 Å². The zero-order valence-corrected chi connectivity index (χ0v) is 11.9. The van der Waals surface area contributed by atoms with Gasteiger partial charge in [-0.25, -0.2) is 0 Å². The Labute approximate surface area is 106 Å². The number of hydrogen-bond acceptors (Lipinski definition) is 2. The zero-order chi connectivity index (χ0) is 12.8. The van der Waals surface area contributed by atoms with Gasteiger partial charge in [0.05, 0.1) is 0 Å². The van der Waals surface area contributed by atoms with Gasteiger partial charge in [0, 0.05) is 39.1 Å². The van der Waals surface area contributed by atoms with E-state index in [0.29, 0.717) is 18.4 Å². The van der Waals surface area contributed by atoms with E-state index in [1.54, 1.807) is 0 Å². The highest BCUT2D eigenvalue weighted by Crippen LogP contribution is 2.17. The highest BCUT2D eigenvalue weighted by molar-refractivity contribution is 5.76. The monoisotopic (exact) mass is 240 g/mol. The second kappa shape index (κ2) is 7.00. The lowest BCUT2D eigenvalue weighted by molar-refractivity contribution is -0.132. The van der Waals surface area contributed by atoms with Crippen molar-refractivity contribution in [2.75, 3.05) is 26.7 Å². The van der Waals surface area contributed by atoms with Gasteiger partial charge in [-0.3, -0.25) is 4.79 Å². The van der Waals surface area contributed by atoms with Crippen LogP contribution >= 0.6 is 0 Å². The van der Waals surface area contributed by atoms with Crippen LogP contribution in [-0.2, 0) is 4.79 Å². The molecule has 1 fully saturated rings. The maximum Gasteiger partial charge on any atom is 0.222 e. The molecule has 1 rings (SSSR count). The Morgan fingerprint density at radius 2 is 1.94 bits per heavy atom. The Morgan fingerprint density at radius 1 is 1.35 bits per heavy atom. The van der Waals surface area contributed by atoms with Crippen molar-refractivity contribution in [2.45, 2.75) is 52.5 Å². The summed E-state index contributed by atoms with van der Waals surface area (Å²) in [6, 6.07) is 0.470. The van der Waals surface area contributed by atoms with Crippen molar-refractivity contribution in [3.8, 4) is 0 Å². The summed E-state index contributed by atoms with van der Waals surface area (Å²) in [5.41, 5.74) is 0. The fourth-order valence-corrected chi connectivity index (χ4v) is 2.60. The lowest BCUT2D eigenvalue weighted by Crippen LogP contribution is -2.46. The van der Waals surface area contributed by atoms with Crippen LogP contribution in [0.5, 0.6) is 0 Å². The van der Waals surface area contributed by atoms with Crippen LogP contribution in [0.3, 0.4) is 0 Å². The minimum atomic E-state index is 0.315. The maximum atomic E-state index is 11.8. The van der Waals surface area contributed by atoms with Gasteiger partial charge >= 0.3 is 0 Å². The highest BCUT2D eigenvalue weighted by Gasteiger charge is 2.24. The van der Waals surface area contributed by atoms with Gasteiger partial charge in [0.15, 0.2) is 0 Å². The maximum absolute atomic E-state index is 11.8. The number of amides is 1. The molecule has 0 bridgehead atoms. The minimum Gasteiger partial charge on any atom is -0.343 e. The average Bonchev–Trinajstić information content (AvgIpc) is 2.28. The second-order valence-corrected chi connectivity index (χ2v) is 5.68. The molecule has 0 radical (unpaired) electrons. The molecule has 0 N–H and O–H groups in total. The van der Waals surface area contributed by atoms with Gasteiger partial charge in [-0.1, -0.05) is 20.8 Å². The van der Waals surface area contributed by atoms with Gasteiger partial charge in [-0.05, 0) is 25.2 Å². The molecule has 1 heterocycles. The third-order valence-corrected chi connectivity index (χ3v) is 3.59. The quantitative estimate of drug-likeness (QED) is 0.736. The van der Waals surface area contributed by atoms with E-state index in [0.717, 1.165) is 38.3 Å². The molecular formula is C14H28N2O. The van der Waals surface area contributed by atoms with E-state index in [2.05, 4.69) is 25.7 Å². The molecule has 17 heavy (non-hydrogen) atoms. The molecule has 100 valence electrons. The lowest BCUT2D eigenvalue weighted by Gasteiger charge is -2.37. The summed E-state index contributed by atoms with van der Waals surface area (Å²) in [4.78, 5) is 16.3. The van der Waals surface area contributed by atoms with Crippen LogP contribution in [0.25, 0.3) is 0 Å². The molecule has 1 aliphatic rings. The number of carbonyl (C=O) groups is 1. The molecule has 1 aliphatic heterocycles. The first-order valence-corrected chi connectivity index (χ1v) is 7.02. The molecular weight excluding hydrogens is 212 g/mol. The van der Waals surface area contributed by atoms with Gasteiger partial charge in [0.2, 0.25) is 5.91 Å². The largest absolute Gasteiger partial charge is 0.343 e. The predicted octanol–water partition coefficient (Wildman–Crippen LogP) is 2.37. The molecule has 3 nitrogen and oxygen atoms in total. The van der Waals surface area contributed by atoms with Crippen LogP contribution in [0.1, 0.15) is 46.5 Å². The van der Waals surface area contributed by atoms with Crippen molar-refractivity contribution >= 4 is 5.91 Å².